The van der Waals surface area contributed by atoms with Crippen molar-refractivity contribution in [1.29, 1.82) is 0 Å². The number of benzene rings is 1. The van der Waals surface area contributed by atoms with E-state index in [0.717, 1.165) is 12.2 Å². The minimum absolute atomic E-state index is 0.0932. The van der Waals surface area contributed by atoms with Gasteiger partial charge in [0.15, 0.2) is 35.0 Å². The van der Waals surface area contributed by atoms with E-state index in [1.54, 1.807) is 13.8 Å². The van der Waals surface area contributed by atoms with Crippen LogP contribution in [0.15, 0.2) is 35.4 Å². The summed E-state index contributed by atoms with van der Waals surface area (Å²) in [7, 11) is 0. The van der Waals surface area contributed by atoms with Crippen LogP contribution in [0.2, 0.25) is 0 Å². The third kappa shape index (κ3) is 3.94. The zero-order valence-electron chi connectivity index (χ0n) is 23.7. The highest BCUT2D eigenvalue weighted by atomic mass is 16.7. The number of phenolic OH excluding ortho intramolecular Hbond substituents is 1. The SMILES string of the molecule is C[C@H]1O[C@H]2O[C@H]3[C@H](C[C@H](c4ccc5c(c4O)C(=O)C4=C(C5=O)[C@@]5(O)C(=O)C[C@](C)(O)C[C@@]5(O)C=C4)O[C@@H]3C)O[C@@H]2CC1=O. The second kappa shape index (κ2) is 9.21. The molecule has 10 atom stereocenters. The first-order valence-electron chi connectivity index (χ1n) is 14.4. The van der Waals surface area contributed by atoms with Gasteiger partial charge in [0.2, 0.25) is 0 Å². The van der Waals surface area contributed by atoms with Crippen molar-refractivity contribution in [3.63, 3.8) is 0 Å². The van der Waals surface area contributed by atoms with Crippen molar-refractivity contribution < 1.29 is 58.6 Å². The number of carbonyl (C=O) groups excluding carboxylic acids is 4. The summed E-state index contributed by atoms with van der Waals surface area (Å²) in [5, 5.41) is 44.9. The highest BCUT2D eigenvalue weighted by Gasteiger charge is 2.66. The van der Waals surface area contributed by atoms with Gasteiger partial charge in [-0.15, -0.1) is 0 Å². The molecule has 0 radical (unpaired) electrons. The quantitative estimate of drug-likeness (QED) is 0.360. The van der Waals surface area contributed by atoms with Gasteiger partial charge < -0.3 is 39.4 Å². The van der Waals surface area contributed by atoms with Crippen LogP contribution >= 0.6 is 0 Å². The van der Waals surface area contributed by atoms with Crippen LogP contribution in [-0.2, 0) is 28.5 Å². The fourth-order valence-electron chi connectivity index (χ4n) is 7.56. The highest BCUT2D eigenvalue weighted by Crippen LogP contribution is 2.52. The second-order valence-corrected chi connectivity index (χ2v) is 12.8. The number of fused-ring (bicyclic) bond motifs is 5. The molecule has 1 aromatic rings. The molecular weight excluding hydrogens is 564 g/mol. The molecule has 4 fully saturated rings. The minimum Gasteiger partial charge on any atom is -0.507 e. The van der Waals surface area contributed by atoms with Crippen LogP contribution in [0.25, 0.3) is 0 Å². The number of aliphatic hydroxyl groups is 3. The van der Waals surface area contributed by atoms with Crippen molar-refractivity contribution in [2.24, 2.45) is 0 Å². The van der Waals surface area contributed by atoms with E-state index < -0.39 is 101 Å². The van der Waals surface area contributed by atoms with Gasteiger partial charge in [-0.3, -0.25) is 19.2 Å². The molecule has 43 heavy (non-hydrogen) atoms. The standard InChI is InChI=1S/C31H32O12/c1-12-17(32)8-20-28(41-12)43-27-13(2)40-18(9-19(27)42-20)14-4-5-15-22(24(14)34)25(35)16-6-7-30(38)11-29(3,37)10-21(33)31(30,39)23(16)26(15)36/h4-7,12-13,18-20,27-28,34,37-39H,8-11H2,1-3H3/t12-,13-,18-,19+,20-,27-,28+,29+,30+,31+/m1/s1. The van der Waals surface area contributed by atoms with Crippen LogP contribution in [-0.4, -0.2) is 97.2 Å². The van der Waals surface area contributed by atoms with Crippen molar-refractivity contribution in [3.8, 4) is 5.75 Å². The number of rotatable bonds is 1. The van der Waals surface area contributed by atoms with Crippen molar-refractivity contribution in [2.75, 3.05) is 0 Å². The van der Waals surface area contributed by atoms with E-state index in [1.165, 1.54) is 19.1 Å². The molecule has 0 amide bonds. The number of Topliss-reactive ketones (excluding diaryl/α,β-unsaturated/α-hetero) is 4. The molecule has 0 aromatic heterocycles. The topological polar surface area (TPSA) is 186 Å². The van der Waals surface area contributed by atoms with Gasteiger partial charge in [-0.25, -0.2) is 0 Å². The van der Waals surface area contributed by atoms with Crippen molar-refractivity contribution >= 4 is 23.1 Å². The fourth-order valence-corrected chi connectivity index (χ4v) is 7.56. The molecule has 3 saturated heterocycles. The molecule has 6 aliphatic rings. The van der Waals surface area contributed by atoms with Crippen LogP contribution in [0.4, 0.5) is 0 Å². The Morgan fingerprint density at radius 2 is 1.67 bits per heavy atom. The van der Waals surface area contributed by atoms with Crippen molar-refractivity contribution in [1.82, 2.24) is 0 Å². The first-order valence-corrected chi connectivity index (χ1v) is 14.4. The van der Waals surface area contributed by atoms with Gasteiger partial charge in [-0.2, -0.15) is 0 Å². The Morgan fingerprint density at radius 3 is 2.42 bits per heavy atom. The molecule has 12 heteroatoms. The normalized spacial score (nSPS) is 43.9. The molecule has 12 nitrogen and oxygen atoms in total. The summed E-state index contributed by atoms with van der Waals surface area (Å²) < 4.78 is 24.2. The number of ether oxygens (including phenoxy) is 4. The Bertz CT molecular complexity index is 1560. The number of ketones is 4. The Labute approximate surface area is 245 Å². The molecule has 0 spiro atoms. The molecule has 1 saturated carbocycles. The van der Waals surface area contributed by atoms with E-state index in [2.05, 4.69) is 0 Å². The second-order valence-electron chi connectivity index (χ2n) is 12.8. The number of carbonyl (C=O) groups is 4. The average Bonchev–Trinajstić information content (AvgIpc) is 2.92. The smallest absolute Gasteiger partial charge is 0.198 e. The third-order valence-corrected chi connectivity index (χ3v) is 9.67. The molecule has 3 heterocycles. The number of hydrogen-bond donors (Lipinski definition) is 4. The van der Waals surface area contributed by atoms with E-state index >= 15 is 0 Å². The lowest BCUT2D eigenvalue weighted by molar-refractivity contribution is -0.347. The predicted octanol–water partition coefficient (Wildman–Crippen LogP) is 0.920. The Kier molecular flexibility index (Phi) is 6.14. The van der Waals surface area contributed by atoms with Gasteiger partial charge in [-0.1, -0.05) is 12.1 Å². The molecular formula is C31H32O12. The maximum atomic E-state index is 13.8. The number of hydrogen-bond acceptors (Lipinski definition) is 12. The van der Waals surface area contributed by atoms with E-state index in [0.29, 0.717) is 0 Å². The summed E-state index contributed by atoms with van der Waals surface area (Å²) in [4.78, 5) is 53.0. The van der Waals surface area contributed by atoms with Crippen molar-refractivity contribution in [3.05, 3.63) is 52.1 Å². The zero-order valence-corrected chi connectivity index (χ0v) is 23.7. The molecule has 0 unspecified atom stereocenters. The monoisotopic (exact) mass is 596 g/mol. The van der Waals surface area contributed by atoms with Crippen LogP contribution in [0.1, 0.15) is 78.8 Å². The van der Waals surface area contributed by atoms with E-state index in [4.69, 9.17) is 18.9 Å². The average molecular weight is 597 g/mol. The molecule has 4 N–H and O–H groups in total. The first kappa shape index (κ1) is 28.7. The van der Waals surface area contributed by atoms with Crippen LogP contribution in [0.3, 0.4) is 0 Å². The van der Waals surface area contributed by atoms with Gasteiger partial charge in [0, 0.05) is 42.4 Å². The third-order valence-electron chi connectivity index (χ3n) is 9.67. The van der Waals surface area contributed by atoms with Gasteiger partial charge >= 0.3 is 0 Å². The molecule has 1 aromatic carbocycles. The van der Waals surface area contributed by atoms with Gasteiger partial charge in [0.05, 0.1) is 35.0 Å². The summed E-state index contributed by atoms with van der Waals surface area (Å²) in [5.41, 5.74) is -7.95. The number of allylic oxidation sites excluding steroid dienone is 2. The lowest BCUT2D eigenvalue weighted by Crippen LogP contribution is -2.69. The Hall–Kier alpha value is -3.10. The molecule has 228 valence electrons. The number of aromatic hydroxyl groups is 1. The molecule has 3 aliphatic heterocycles. The minimum atomic E-state index is -2.76. The lowest BCUT2D eigenvalue weighted by atomic mass is 9.57. The Balaban J connectivity index is 1.21. The Morgan fingerprint density at radius 1 is 0.930 bits per heavy atom. The van der Waals surface area contributed by atoms with E-state index in [1.807, 2.05) is 0 Å². The lowest BCUT2D eigenvalue weighted by Gasteiger charge is -2.51. The van der Waals surface area contributed by atoms with Crippen LogP contribution in [0, 0.1) is 0 Å². The van der Waals surface area contributed by atoms with Gasteiger partial charge in [0.25, 0.3) is 0 Å². The highest BCUT2D eigenvalue weighted by molar-refractivity contribution is 6.32. The summed E-state index contributed by atoms with van der Waals surface area (Å²) in [5.74, 6) is -3.28. The number of phenols is 1. The van der Waals surface area contributed by atoms with Gasteiger partial charge in [0.1, 0.15) is 29.7 Å². The van der Waals surface area contributed by atoms with Gasteiger partial charge in [-0.05, 0) is 32.9 Å². The summed E-state index contributed by atoms with van der Waals surface area (Å²) in [6.07, 6.45) is -2.64. The van der Waals surface area contributed by atoms with Crippen LogP contribution in [0.5, 0.6) is 5.75 Å². The molecule has 7 rings (SSSR count). The first-order chi connectivity index (χ1) is 20.1. The van der Waals surface area contributed by atoms with E-state index in [9.17, 15) is 39.6 Å². The van der Waals surface area contributed by atoms with Crippen LogP contribution < -0.4 is 0 Å². The van der Waals surface area contributed by atoms with Crippen molar-refractivity contribution in [2.45, 2.75) is 106 Å². The molecule has 3 aliphatic carbocycles. The van der Waals surface area contributed by atoms with E-state index in [-0.39, 0.29) is 40.9 Å². The maximum Gasteiger partial charge on any atom is 0.198 e. The summed E-state index contributed by atoms with van der Waals surface area (Å²) in [6.45, 7) is 4.78. The largest absolute Gasteiger partial charge is 0.507 e. The zero-order chi connectivity index (χ0) is 30.8. The fraction of sp³-hybridized carbons (Fsp3) is 0.548. The maximum absolute atomic E-state index is 13.8. The summed E-state index contributed by atoms with van der Waals surface area (Å²) in [6, 6.07) is 2.76. The molecule has 0 bridgehead atoms. The summed E-state index contributed by atoms with van der Waals surface area (Å²) >= 11 is 0. The predicted molar refractivity (Wildman–Crippen MR) is 143 cm³/mol.